The van der Waals surface area contributed by atoms with Crippen LogP contribution in [0.15, 0.2) is 29.4 Å². The summed E-state index contributed by atoms with van der Waals surface area (Å²) in [5, 5.41) is 3.56. The molecule has 0 aliphatic carbocycles. The van der Waals surface area contributed by atoms with Crippen molar-refractivity contribution in [3.05, 3.63) is 40.3 Å². The van der Waals surface area contributed by atoms with Crippen molar-refractivity contribution < 1.29 is 4.79 Å². The van der Waals surface area contributed by atoms with Crippen LogP contribution in [0.3, 0.4) is 0 Å². The Hall–Kier alpha value is -2.00. The number of azide groups is 1. The number of hydrogen-bond acceptors (Lipinski definition) is 2. The van der Waals surface area contributed by atoms with Crippen LogP contribution in [0.25, 0.3) is 10.4 Å². The molecule has 88 valence electrons. The van der Waals surface area contributed by atoms with Crippen molar-refractivity contribution >= 4 is 11.6 Å². The molecule has 1 saturated heterocycles. The van der Waals surface area contributed by atoms with Gasteiger partial charge in [0.05, 0.1) is 5.69 Å². The predicted octanol–water partition coefficient (Wildman–Crippen LogP) is 3.25. The molecule has 0 radical (unpaired) electrons. The fourth-order valence-corrected chi connectivity index (χ4v) is 2.06. The molecule has 1 fully saturated rings. The highest BCUT2D eigenvalue weighted by Crippen LogP contribution is 2.22. The van der Waals surface area contributed by atoms with Crippen molar-refractivity contribution in [1.29, 1.82) is 0 Å². The quantitative estimate of drug-likeness (QED) is 0.436. The molecule has 1 amide bonds. The summed E-state index contributed by atoms with van der Waals surface area (Å²) in [7, 11) is 0. The van der Waals surface area contributed by atoms with E-state index in [4.69, 9.17) is 5.53 Å². The van der Waals surface area contributed by atoms with E-state index in [1.165, 1.54) is 6.42 Å². The first-order valence-corrected chi connectivity index (χ1v) is 5.76. The van der Waals surface area contributed by atoms with Gasteiger partial charge in [-0.25, -0.2) is 0 Å². The monoisotopic (exact) mass is 230 g/mol. The van der Waals surface area contributed by atoms with Crippen molar-refractivity contribution in [1.82, 2.24) is 4.90 Å². The molecule has 0 spiro atoms. The van der Waals surface area contributed by atoms with Gasteiger partial charge in [-0.05, 0) is 30.9 Å². The first-order chi connectivity index (χ1) is 8.33. The SMILES string of the molecule is [N-]=[N+]=Nc1ccccc1C(=O)N1CCCCC1. The zero-order valence-corrected chi connectivity index (χ0v) is 9.54. The normalized spacial score (nSPS) is 15.2. The Morgan fingerprint density at radius 3 is 2.65 bits per heavy atom. The van der Waals surface area contributed by atoms with Gasteiger partial charge in [-0.15, -0.1) is 0 Å². The first kappa shape index (κ1) is 11.5. The molecule has 5 heteroatoms. The summed E-state index contributed by atoms with van der Waals surface area (Å²) in [4.78, 5) is 16.8. The highest BCUT2D eigenvalue weighted by Gasteiger charge is 2.19. The zero-order chi connectivity index (χ0) is 12.1. The van der Waals surface area contributed by atoms with Crippen LogP contribution >= 0.6 is 0 Å². The minimum absolute atomic E-state index is 0.0345. The Bertz CT molecular complexity index is 459. The first-order valence-electron chi connectivity index (χ1n) is 5.76. The fraction of sp³-hybridized carbons (Fsp3) is 0.417. The number of piperidine rings is 1. The third-order valence-corrected chi connectivity index (χ3v) is 2.93. The molecule has 1 aromatic rings. The van der Waals surface area contributed by atoms with Crippen LogP contribution in [-0.4, -0.2) is 23.9 Å². The lowest BCUT2D eigenvalue weighted by Gasteiger charge is -2.27. The molecule has 1 aliphatic heterocycles. The maximum atomic E-state index is 12.2. The molecule has 17 heavy (non-hydrogen) atoms. The molecule has 0 bridgehead atoms. The predicted molar refractivity (Wildman–Crippen MR) is 65.0 cm³/mol. The lowest BCUT2D eigenvalue weighted by Crippen LogP contribution is -2.35. The summed E-state index contributed by atoms with van der Waals surface area (Å²) in [6, 6.07) is 6.92. The second-order valence-corrected chi connectivity index (χ2v) is 4.06. The lowest BCUT2D eigenvalue weighted by atomic mass is 10.1. The highest BCUT2D eigenvalue weighted by molar-refractivity contribution is 5.98. The topological polar surface area (TPSA) is 69.1 Å². The minimum atomic E-state index is -0.0345. The molecule has 0 saturated carbocycles. The second-order valence-electron chi connectivity index (χ2n) is 4.06. The van der Waals surface area contributed by atoms with E-state index in [2.05, 4.69) is 10.0 Å². The van der Waals surface area contributed by atoms with Crippen LogP contribution in [0.5, 0.6) is 0 Å². The van der Waals surface area contributed by atoms with Crippen LogP contribution < -0.4 is 0 Å². The van der Waals surface area contributed by atoms with Gasteiger partial charge < -0.3 is 4.90 Å². The summed E-state index contributed by atoms with van der Waals surface area (Å²) in [5.41, 5.74) is 9.37. The summed E-state index contributed by atoms with van der Waals surface area (Å²) in [5.74, 6) is -0.0345. The molecular weight excluding hydrogens is 216 g/mol. The molecule has 0 N–H and O–H groups in total. The van der Waals surface area contributed by atoms with Gasteiger partial charge in [-0.2, -0.15) is 0 Å². The Morgan fingerprint density at radius 1 is 1.24 bits per heavy atom. The van der Waals surface area contributed by atoms with Gasteiger partial charge in [0.15, 0.2) is 0 Å². The maximum Gasteiger partial charge on any atom is 0.254 e. The number of likely N-dealkylation sites (tertiary alicyclic amines) is 1. The molecule has 0 aromatic heterocycles. The Labute approximate surface area is 99.7 Å². The Morgan fingerprint density at radius 2 is 1.94 bits per heavy atom. The molecule has 1 aliphatic rings. The summed E-state index contributed by atoms with van der Waals surface area (Å²) in [6.45, 7) is 1.59. The number of benzene rings is 1. The molecule has 5 nitrogen and oxygen atoms in total. The lowest BCUT2D eigenvalue weighted by molar-refractivity contribution is 0.0725. The number of rotatable bonds is 2. The van der Waals surface area contributed by atoms with Gasteiger partial charge in [0.25, 0.3) is 5.91 Å². The van der Waals surface area contributed by atoms with E-state index < -0.39 is 0 Å². The van der Waals surface area contributed by atoms with Crippen molar-refractivity contribution in [2.24, 2.45) is 5.11 Å². The van der Waals surface area contributed by atoms with E-state index in [1.54, 1.807) is 24.3 Å². The highest BCUT2D eigenvalue weighted by atomic mass is 16.2. The van der Waals surface area contributed by atoms with Crippen molar-refractivity contribution in [2.75, 3.05) is 13.1 Å². The van der Waals surface area contributed by atoms with Gasteiger partial charge in [0, 0.05) is 23.6 Å². The summed E-state index contributed by atoms with van der Waals surface area (Å²) < 4.78 is 0. The van der Waals surface area contributed by atoms with E-state index in [9.17, 15) is 4.79 Å². The van der Waals surface area contributed by atoms with E-state index >= 15 is 0 Å². The number of amides is 1. The Kier molecular flexibility index (Phi) is 3.62. The summed E-state index contributed by atoms with van der Waals surface area (Å²) >= 11 is 0. The third kappa shape index (κ3) is 2.57. The van der Waals surface area contributed by atoms with Gasteiger partial charge in [-0.1, -0.05) is 23.3 Å². The number of hydrogen-bond donors (Lipinski definition) is 0. The van der Waals surface area contributed by atoms with Crippen LogP contribution in [0, 0.1) is 0 Å². The molecule has 1 heterocycles. The van der Waals surface area contributed by atoms with Gasteiger partial charge in [-0.3, -0.25) is 4.79 Å². The summed E-state index contributed by atoms with van der Waals surface area (Å²) in [6.07, 6.45) is 3.28. The molecule has 2 rings (SSSR count). The van der Waals surface area contributed by atoms with E-state index in [0.717, 1.165) is 25.9 Å². The van der Waals surface area contributed by atoms with Crippen molar-refractivity contribution in [2.45, 2.75) is 19.3 Å². The van der Waals surface area contributed by atoms with Gasteiger partial charge in [0.1, 0.15) is 0 Å². The van der Waals surface area contributed by atoms with Crippen molar-refractivity contribution in [3.63, 3.8) is 0 Å². The van der Waals surface area contributed by atoms with Crippen LogP contribution in [-0.2, 0) is 0 Å². The van der Waals surface area contributed by atoms with E-state index in [0.29, 0.717) is 11.3 Å². The number of carbonyl (C=O) groups excluding carboxylic acids is 1. The smallest absolute Gasteiger partial charge is 0.254 e. The molecule has 0 atom stereocenters. The number of carbonyl (C=O) groups is 1. The average Bonchev–Trinajstić information content (AvgIpc) is 2.40. The largest absolute Gasteiger partial charge is 0.339 e. The van der Waals surface area contributed by atoms with Crippen LogP contribution in [0.4, 0.5) is 5.69 Å². The zero-order valence-electron chi connectivity index (χ0n) is 9.54. The van der Waals surface area contributed by atoms with Crippen LogP contribution in [0.1, 0.15) is 29.6 Å². The fourth-order valence-electron chi connectivity index (χ4n) is 2.06. The molecule has 0 unspecified atom stereocenters. The second kappa shape index (κ2) is 5.37. The van der Waals surface area contributed by atoms with Crippen molar-refractivity contribution in [3.8, 4) is 0 Å². The molecule has 1 aromatic carbocycles. The standard InChI is InChI=1S/C12H14N4O/c13-15-14-11-7-3-2-6-10(11)12(17)16-8-4-1-5-9-16/h2-3,6-7H,1,4-5,8-9H2. The maximum absolute atomic E-state index is 12.2. The van der Waals surface area contributed by atoms with Gasteiger partial charge >= 0.3 is 0 Å². The van der Waals surface area contributed by atoms with E-state index in [1.807, 2.05) is 4.90 Å². The number of nitrogens with zero attached hydrogens (tertiary/aromatic N) is 4. The van der Waals surface area contributed by atoms with Gasteiger partial charge in [0.2, 0.25) is 0 Å². The Balaban J connectivity index is 2.26. The minimum Gasteiger partial charge on any atom is -0.339 e. The third-order valence-electron chi connectivity index (χ3n) is 2.93. The van der Waals surface area contributed by atoms with E-state index in [-0.39, 0.29) is 5.91 Å². The average molecular weight is 230 g/mol. The molecular formula is C12H14N4O. The van der Waals surface area contributed by atoms with Crippen LogP contribution in [0.2, 0.25) is 0 Å².